The van der Waals surface area contributed by atoms with Gasteiger partial charge in [-0.25, -0.2) is 0 Å². The Labute approximate surface area is 157 Å². The average molecular weight is 366 g/mol. The number of aromatic nitrogens is 3. The summed E-state index contributed by atoms with van der Waals surface area (Å²) in [5.41, 5.74) is 1.72. The molecular formula is C20H22N4O3. The molecule has 0 unspecified atom stereocenters. The van der Waals surface area contributed by atoms with E-state index < -0.39 is 0 Å². The van der Waals surface area contributed by atoms with Crippen LogP contribution in [0.15, 0.2) is 53.3 Å². The third-order valence-electron chi connectivity index (χ3n) is 3.80. The summed E-state index contributed by atoms with van der Waals surface area (Å²) >= 11 is 0. The van der Waals surface area contributed by atoms with Crippen LogP contribution in [0.2, 0.25) is 0 Å². The van der Waals surface area contributed by atoms with Gasteiger partial charge in [0.15, 0.2) is 0 Å². The van der Waals surface area contributed by atoms with E-state index in [1.807, 2.05) is 62.4 Å². The molecule has 0 saturated heterocycles. The highest BCUT2D eigenvalue weighted by Crippen LogP contribution is 2.26. The normalized spacial score (nSPS) is 10.7. The average Bonchev–Trinajstić information content (AvgIpc) is 2.66. The van der Waals surface area contributed by atoms with E-state index >= 15 is 0 Å². The van der Waals surface area contributed by atoms with Crippen molar-refractivity contribution in [3.8, 4) is 11.5 Å². The molecule has 0 atom stereocenters. The molecule has 2 N–H and O–H groups in total. The zero-order valence-corrected chi connectivity index (χ0v) is 15.5. The molecule has 0 aliphatic heterocycles. The lowest BCUT2D eigenvalue weighted by Gasteiger charge is -2.14. The standard InChI is InChI=1S/C20H22N4O3/c1-13(2)27-18-7-5-4-6-16(18)21-20-22-19(25)17(23-24-20)12-14-8-10-15(26-3)11-9-14/h4-11,13H,12H2,1-3H3,(H2,21,22,24,25). The van der Waals surface area contributed by atoms with Gasteiger partial charge in [-0.05, 0) is 43.7 Å². The molecule has 7 heteroatoms. The number of methoxy groups -OCH3 is 1. The van der Waals surface area contributed by atoms with Gasteiger partial charge in [0.1, 0.15) is 17.2 Å². The molecule has 2 aromatic carbocycles. The first-order valence-corrected chi connectivity index (χ1v) is 8.66. The molecule has 27 heavy (non-hydrogen) atoms. The number of para-hydroxylation sites is 2. The third kappa shape index (κ3) is 4.84. The van der Waals surface area contributed by atoms with E-state index in [1.165, 1.54) is 0 Å². The summed E-state index contributed by atoms with van der Waals surface area (Å²) in [7, 11) is 1.61. The highest BCUT2D eigenvalue weighted by atomic mass is 16.5. The highest BCUT2D eigenvalue weighted by Gasteiger charge is 2.09. The predicted molar refractivity (Wildman–Crippen MR) is 104 cm³/mol. The van der Waals surface area contributed by atoms with E-state index in [1.54, 1.807) is 7.11 Å². The Kier molecular flexibility index (Phi) is 5.71. The number of aromatic amines is 1. The van der Waals surface area contributed by atoms with Crippen LogP contribution in [0.25, 0.3) is 0 Å². The van der Waals surface area contributed by atoms with Gasteiger partial charge in [-0.2, -0.15) is 0 Å². The first-order chi connectivity index (χ1) is 13.0. The van der Waals surface area contributed by atoms with E-state index in [2.05, 4.69) is 20.5 Å². The number of hydrogen-bond acceptors (Lipinski definition) is 6. The minimum atomic E-state index is -0.287. The summed E-state index contributed by atoms with van der Waals surface area (Å²) in [6.45, 7) is 3.90. The Balaban J connectivity index is 1.76. The van der Waals surface area contributed by atoms with Crippen molar-refractivity contribution in [3.63, 3.8) is 0 Å². The molecule has 7 nitrogen and oxygen atoms in total. The Morgan fingerprint density at radius 2 is 1.81 bits per heavy atom. The zero-order valence-electron chi connectivity index (χ0n) is 15.5. The number of ether oxygens (including phenoxy) is 2. The number of nitrogens with one attached hydrogen (secondary N) is 2. The van der Waals surface area contributed by atoms with Crippen molar-refractivity contribution in [1.82, 2.24) is 15.2 Å². The monoisotopic (exact) mass is 366 g/mol. The van der Waals surface area contributed by atoms with Crippen molar-refractivity contribution in [2.45, 2.75) is 26.4 Å². The van der Waals surface area contributed by atoms with Crippen molar-refractivity contribution >= 4 is 11.6 Å². The smallest absolute Gasteiger partial charge is 0.274 e. The first-order valence-electron chi connectivity index (χ1n) is 8.66. The second-order valence-corrected chi connectivity index (χ2v) is 6.26. The molecule has 1 heterocycles. The Hall–Kier alpha value is -3.35. The molecule has 140 valence electrons. The van der Waals surface area contributed by atoms with Crippen LogP contribution in [0.3, 0.4) is 0 Å². The lowest BCUT2D eigenvalue weighted by atomic mass is 10.1. The summed E-state index contributed by atoms with van der Waals surface area (Å²) in [6.07, 6.45) is 0.421. The predicted octanol–water partition coefficient (Wildman–Crippen LogP) is 3.30. The van der Waals surface area contributed by atoms with Crippen molar-refractivity contribution in [2.24, 2.45) is 0 Å². The van der Waals surface area contributed by atoms with Gasteiger partial charge in [-0.3, -0.25) is 9.78 Å². The SMILES string of the molecule is COc1ccc(Cc2nnc(Nc3ccccc3OC(C)C)[nH]c2=O)cc1. The topological polar surface area (TPSA) is 89.1 Å². The first kappa shape index (κ1) is 18.4. The van der Waals surface area contributed by atoms with Crippen molar-refractivity contribution in [1.29, 1.82) is 0 Å². The Bertz CT molecular complexity index is 952. The van der Waals surface area contributed by atoms with Crippen LogP contribution in [0.1, 0.15) is 25.1 Å². The van der Waals surface area contributed by atoms with Gasteiger partial charge < -0.3 is 14.8 Å². The fourth-order valence-electron chi connectivity index (χ4n) is 2.52. The van der Waals surface area contributed by atoms with Crippen molar-refractivity contribution in [3.05, 3.63) is 70.1 Å². The van der Waals surface area contributed by atoms with Gasteiger partial charge in [-0.1, -0.05) is 24.3 Å². The van der Waals surface area contributed by atoms with Crippen LogP contribution in [0.5, 0.6) is 11.5 Å². The molecule has 0 aliphatic rings. The molecule has 0 radical (unpaired) electrons. The summed E-state index contributed by atoms with van der Waals surface area (Å²) in [4.78, 5) is 15.1. The van der Waals surface area contributed by atoms with E-state index in [0.717, 1.165) is 11.3 Å². The van der Waals surface area contributed by atoms with Crippen LogP contribution in [0, 0.1) is 0 Å². The number of benzene rings is 2. The third-order valence-corrected chi connectivity index (χ3v) is 3.80. The Morgan fingerprint density at radius 1 is 1.07 bits per heavy atom. The maximum atomic E-state index is 12.4. The van der Waals surface area contributed by atoms with Crippen LogP contribution in [-0.4, -0.2) is 28.4 Å². The second-order valence-electron chi connectivity index (χ2n) is 6.26. The summed E-state index contributed by atoms with van der Waals surface area (Å²) in [6, 6.07) is 14.9. The van der Waals surface area contributed by atoms with Crippen LogP contribution >= 0.6 is 0 Å². The number of hydrogen-bond donors (Lipinski definition) is 2. The molecule has 0 spiro atoms. The lowest BCUT2D eigenvalue weighted by molar-refractivity contribution is 0.244. The van der Waals surface area contributed by atoms with Gasteiger partial charge in [-0.15, -0.1) is 10.2 Å². The Morgan fingerprint density at radius 3 is 2.48 bits per heavy atom. The highest BCUT2D eigenvalue weighted by molar-refractivity contribution is 5.62. The lowest BCUT2D eigenvalue weighted by Crippen LogP contribution is -2.19. The zero-order chi connectivity index (χ0) is 19.2. The van der Waals surface area contributed by atoms with Crippen molar-refractivity contribution < 1.29 is 9.47 Å². The number of nitrogens with zero attached hydrogens (tertiary/aromatic N) is 2. The van der Waals surface area contributed by atoms with E-state index in [4.69, 9.17) is 9.47 Å². The fourth-order valence-corrected chi connectivity index (χ4v) is 2.52. The van der Waals surface area contributed by atoms with Crippen LogP contribution < -0.4 is 20.3 Å². The number of H-pyrrole nitrogens is 1. The quantitative estimate of drug-likeness (QED) is 0.667. The number of rotatable bonds is 7. The summed E-state index contributed by atoms with van der Waals surface area (Å²) in [5, 5.41) is 11.2. The minimum absolute atomic E-state index is 0.0324. The summed E-state index contributed by atoms with van der Waals surface area (Å²) < 4.78 is 10.9. The molecule has 3 rings (SSSR count). The van der Waals surface area contributed by atoms with E-state index in [9.17, 15) is 4.79 Å². The number of anilines is 2. The molecule has 0 amide bonds. The van der Waals surface area contributed by atoms with Crippen molar-refractivity contribution in [2.75, 3.05) is 12.4 Å². The molecule has 0 aliphatic carbocycles. The molecule has 0 fully saturated rings. The maximum Gasteiger partial charge on any atom is 0.274 e. The largest absolute Gasteiger partial charge is 0.497 e. The molecular weight excluding hydrogens is 344 g/mol. The van der Waals surface area contributed by atoms with Gasteiger partial charge in [0, 0.05) is 6.42 Å². The second kappa shape index (κ2) is 8.35. The maximum absolute atomic E-state index is 12.4. The van der Waals surface area contributed by atoms with E-state index in [-0.39, 0.29) is 17.6 Å². The van der Waals surface area contributed by atoms with Gasteiger partial charge in [0.25, 0.3) is 5.56 Å². The summed E-state index contributed by atoms with van der Waals surface area (Å²) in [5.74, 6) is 1.70. The van der Waals surface area contributed by atoms with Crippen LogP contribution in [-0.2, 0) is 6.42 Å². The van der Waals surface area contributed by atoms with Gasteiger partial charge in [0.05, 0.1) is 18.9 Å². The molecule has 0 bridgehead atoms. The fraction of sp³-hybridized carbons (Fsp3) is 0.250. The molecule has 0 saturated carbocycles. The van der Waals surface area contributed by atoms with Gasteiger partial charge in [0.2, 0.25) is 5.95 Å². The van der Waals surface area contributed by atoms with E-state index in [0.29, 0.717) is 23.6 Å². The molecule has 1 aromatic heterocycles. The van der Waals surface area contributed by atoms with Crippen LogP contribution in [0.4, 0.5) is 11.6 Å². The van der Waals surface area contributed by atoms with Gasteiger partial charge >= 0.3 is 0 Å². The minimum Gasteiger partial charge on any atom is -0.497 e. The molecule has 3 aromatic rings.